The van der Waals surface area contributed by atoms with Crippen LogP contribution in [0, 0.1) is 5.92 Å². The maximum Gasteiger partial charge on any atom is 0.323 e. The van der Waals surface area contributed by atoms with E-state index in [1.807, 2.05) is 0 Å². The van der Waals surface area contributed by atoms with Crippen LogP contribution in [0.15, 0.2) is 12.2 Å². The average molecular weight is 233 g/mol. The van der Waals surface area contributed by atoms with E-state index in [0.29, 0.717) is 13.0 Å². The van der Waals surface area contributed by atoms with Crippen molar-refractivity contribution in [1.82, 2.24) is 5.32 Å². The Bertz CT molecular complexity index is 293. The Morgan fingerprint density at radius 2 is 2.06 bits per heavy atom. The highest BCUT2D eigenvalue weighted by atomic mass is 19.3. The van der Waals surface area contributed by atoms with E-state index in [9.17, 15) is 13.6 Å². The molecule has 1 fully saturated rings. The summed E-state index contributed by atoms with van der Waals surface area (Å²) < 4.78 is 29.2. The average Bonchev–Trinajstić information content (AvgIpc) is 2.48. The minimum Gasteiger partial charge on any atom is -0.459 e. The lowest BCUT2D eigenvalue weighted by Crippen LogP contribution is -2.37. The van der Waals surface area contributed by atoms with Gasteiger partial charge in [-0.05, 0) is 39.2 Å². The molecule has 0 aliphatic carbocycles. The van der Waals surface area contributed by atoms with Gasteiger partial charge in [0.05, 0.1) is 0 Å². The lowest BCUT2D eigenvalue weighted by Gasteiger charge is -2.22. The van der Waals surface area contributed by atoms with Crippen molar-refractivity contribution in [2.24, 2.45) is 5.92 Å². The van der Waals surface area contributed by atoms with E-state index in [0.717, 1.165) is 6.08 Å². The molecular formula is C11H17F2NO2. The van der Waals surface area contributed by atoms with Gasteiger partial charge in [0.2, 0.25) is 0 Å². The summed E-state index contributed by atoms with van der Waals surface area (Å²) in [6, 6.07) is -0.472. The standard InChI is InChI=1S/C11H17F2NO2/c1-11(2,3)16-10(15)8-4-7(6-14-8)5-9(12)13/h5,7-8,14H,4,6H2,1-3H3. The van der Waals surface area contributed by atoms with Crippen LogP contribution in [0.3, 0.4) is 0 Å². The van der Waals surface area contributed by atoms with Gasteiger partial charge >= 0.3 is 5.97 Å². The first kappa shape index (κ1) is 13.1. The van der Waals surface area contributed by atoms with Gasteiger partial charge in [0.15, 0.2) is 0 Å². The van der Waals surface area contributed by atoms with E-state index in [1.165, 1.54) is 0 Å². The summed E-state index contributed by atoms with van der Waals surface area (Å²) in [5.74, 6) is -0.662. The third kappa shape index (κ3) is 4.26. The van der Waals surface area contributed by atoms with Gasteiger partial charge < -0.3 is 10.1 Å². The number of hydrogen-bond donors (Lipinski definition) is 1. The topological polar surface area (TPSA) is 38.3 Å². The van der Waals surface area contributed by atoms with Gasteiger partial charge in [0.25, 0.3) is 6.08 Å². The zero-order valence-corrected chi connectivity index (χ0v) is 9.72. The molecule has 0 aromatic rings. The van der Waals surface area contributed by atoms with E-state index in [-0.39, 0.29) is 11.9 Å². The summed E-state index contributed by atoms with van der Waals surface area (Å²) in [6.07, 6.45) is -0.444. The molecule has 0 aromatic carbocycles. The Kier molecular flexibility index (Phi) is 4.02. The number of carbonyl (C=O) groups is 1. The van der Waals surface area contributed by atoms with Crippen LogP contribution in [0.25, 0.3) is 0 Å². The van der Waals surface area contributed by atoms with Crippen LogP contribution in [0.2, 0.25) is 0 Å². The SMILES string of the molecule is CC(C)(C)OC(=O)C1CC(C=C(F)F)CN1. The normalized spacial score (nSPS) is 25.3. The predicted octanol–water partition coefficient (Wildman–Crippen LogP) is 2.09. The highest BCUT2D eigenvalue weighted by molar-refractivity contribution is 5.76. The van der Waals surface area contributed by atoms with Crippen molar-refractivity contribution in [3.63, 3.8) is 0 Å². The second kappa shape index (κ2) is 4.91. The number of carbonyl (C=O) groups excluding carboxylic acids is 1. The molecule has 1 aliphatic heterocycles. The summed E-state index contributed by atoms with van der Waals surface area (Å²) in [4.78, 5) is 11.6. The number of nitrogens with one attached hydrogen (secondary N) is 1. The number of esters is 1. The summed E-state index contributed by atoms with van der Waals surface area (Å²) in [5.41, 5.74) is -0.544. The number of rotatable bonds is 2. The van der Waals surface area contributed by atoms with Crippen molar-refractivity contribution in [1.29, 1.82) is 0 Å². The van der Waals surface area contributed by atoms with Crippen molar-refractivity contribution >= 4 is 5.97 Å². The largest absolute Gasteiger partial charge is 0.459 e. The predicted molar refractivity (Wildman–Crippen MR) is 56.0 cm³/mol. The summed E-state index contributed by atoms with van der Waals surface area (Å²) in [5, 5.41) is 2.88. The van der Waals surface area contributed by atoms with Crippen molar-refractivity contribution < 1.29 is 18.3 Å². The highest BCUT2D eigenvalue weighted by Gasteiger charge is 2.32. The Labute approximate surface area is 93.8 Å². The molecule has 0 bridgehead atoms. The second-order valence-corrected chi connectivity index (χ2v) is 4.95. The molecule has 5 heteroatoms. The van der Waals surface area contributed by atoms with E-state index in [2.05, 4.69) is 5.32 Å². The van der Waals surface area contributed by atoms with Gasteiger partial charge in [-0.3, -0.25) is 4.79 Å². The molecule has 0 radical (unpaired) electrons. The fraction of sp³-hybridized carbons (Fsp3) is 0.727. The maximum absolute atomic E-state index is 12.0. The van der Waals surface area contributed by atoms with Gasteiger partial charge in [-0.25, -0.2) is 0 Å². The molecular weight excluding hydrogens is 216 g/mol. The molecule has 3 nitrogen and oxygen atoms in total. The first-order chi connectivity index (χ1) is 7.28. The van der Waals surface area contributed by atoms with E-state index >= 15 is 0 Å². The zero-order valence-electron chi connectivity index (χ0n) is 9.72. The first-order valence-electron chi connectivity index (χ1n) is 5.27. The van der Waals surface area contributed by atoms with Gasteiger partial charge in [-0.15, -0.1) is 0 Å². The molecule has 1 N–H and O–H groups in total. The van der Waals surface area contributed by atoms with Gasteiger partial charge in [-0.1, -0.05) is 0 Å². The molecule has 0 aromatic heterocycles. The van der Waals surface area contributed by atoms with Crippen molar-refractivity contribution in [2.75, 3.05) is 6.54 Å². The fourth-order valence-electron chi connectivity index (χ4n) is 1.62. The monoisotopic (exact) mass is 233 g/mol. The highest BCUT2D eigenvalue weighted by Crippen LogP contribution is 2.20. The van der Waals surface area contributed by atoms with Crippen LogP contribution in [0.5, 0.6) is 0 Å². The Morgan fingerprint density at radius 3 is 2.56 bits per heavy atom. The van der Waals surface area contributed by atoms with Crippen LogP contribution in [-0.2, 0) is 9.53 Å². The molecule has 1 heterocycles. The summed E-state index contributed by atoms with van der Waals surface area (Å²) in [6.45, 7) is 5.72. The second-order valence-electron chi connectivity index (χ2n) is 4.95. The Balaban J connectivity index is 2.47. The molecule has 92 valence electrons. The van der Waals surface area contributed by atoms with Crippen LogP contribution in [0.4, 0.5) is 8.78 Å². The van der Waals surface area contributed by atoms with Crippen LogP contribution in [-0.4, -0.2) is 24.2 Å². The smallest absolute Gasteiger partial charge is 0.323 e. The lowest BCUT2D eigenvalue weighted by molar-refractivity contribution is -0.157. The molecule has 1 saturated heterocycles. The molecule has 0 saturated carbocycles. The molecule has 0 amide bonds. The van der Waals surface area contributed by atoms with E-state index in [4.69, 9.17) is 4.74 Å². The van der Waals surface area contributed by atoms with Crippen LogP contribution in [0.1, 0.15) is 27.2 Å². The molecule has 16 heavy (non-hydrogen) atoms. The van der Waals surface area contributed by atoms with Crippen LogP contribution < -0.4 is 5.32 Å². The first-order valence-corrected chi connectivity index (χ1v) is 5.27. The minimum absolute atomic E-state index is 0.289. The number of ether oxygens (including phenoxy) is 1. The van der Waals surface area contributed by atoms with E-state index < -0.39 is 17.7 Å². The Hall–Kier alpha value is -0.970. The van der Waals surface area contributed by atoms with Crippen molar-refractivity contribution in [2.45, 2.75) is 38.8 Å². The molecule has 2 unspecified atom stereocenters. The number of hydrogen-bond acceptors (Lipinski definition) is 3. The molecule has 1 aliphatic rings. The van der Waals surface area contributed by atoms with Gasteiger partial charge in [0.1, 0.15) is 11.6 Å². The third-order valence-electron chi connectivity index (χ3n) is 2.22. The van der Waals surface area contributed by atoms with Crippen molar-refractivity contribution in [3.05, 3.63) is 12.2 Å². The maximum atomic E-state index is 12.0. The van der Waals surface area contributed by atoms with Gasteiger partial charge in [0, 0.05) is 6.54 Å². The number of halogens is 2. The summed E-state index contributed by atoms with van der Waals surface area (Å²) >= 11 is 0. The fourth-order valence-corrected chi connectivity index (χ4v) is 1.62. The molecule has 2 atom stereocenters. The minimum atomic E-state index is -1.70. The quantitative estimate of drug-likeness (QED) is 0.742. The zero-order chi connectivity index (χ0) is 12.3. The third-order valence-corrected chi connectivity index (χ3v) is 2.22. The van der Waals surface area contributed by atoms with Gasteiger partial charge in [-0.2, -0.15) is 8.78 Å². The van der Waals surface area contributed by atoms with Crippen LogP contribution >= 0.6 is 0 Å². The molecule has 1 rings (SSSR count). The van der Waals surface area contributed by atoms with Crippen molar-refractivity contribution in [3.8, 4) is 0 Å². The lowest BCUT2D eigenvalue weighted by atomic mass is 10.1. The Morgan fingerprint density at radius 1 is 1.44 bits per heavy atom. The summed E-state index contributed by atoms with van der Waals surface area (Å²) in [7, 11) is 0. The van der Waals surface area contributed by atoms with E-state index in [1.54, 1.807) is 20.8 Å². The molecule has 0 spiro atoms.